The van der Waals surface area contributed by atoms with Crippen LogP contribution in [0.1, 0.15) is 30.6 Å². The normalized spacial score (nSPS) is 15.0. The molecular formula is C22H19N5O2. The van der Waals surface area contributed by atoms with Crippen LogP contribution < -0.4 is 10.1 Å². The molecule has 0 unspecified atom stereocenters. The van der Waals surface area contributed by atoms with Crippen molar-refractivity contribution < 1.29 is 9.53 Å². The number of carbonyl (C=O) groups is 1. The summed E-state index contributed by atoms with van der Waals surface area (Å²) >= 11 is 0. The Morgan fingerprint density at radius 3 is 2.79 bits per heavy atom. The van der Waals surface area contributed by atoms with Crippen LogP contribution in [0.3, 0.4) is 0 Å². The SMILES string of the molecule is CC1(C)CC(=O)c2ccc(-c3c[nH]c4nc(Nc5ccncc5)ncc34)cc2O1. The van der Waals surface area contributed by atoms with Crippen molar-refractivity contribution in [3.8, 4) is 16.9 Å². The summed E-state index contributed by atoms with van der Waals surface area (Å²) in [5.74, 6) is 1.23. The minimum atomic E-state index is -0.500. The second-order valence-corrected chi connectivity index (χ2v) is 7.69. The Balaban J connectivity index is 1.51. The van der Waals surface area contributed by atoms with Crippen LogP contribution in [0.2, 0.25) is 0 Å². The number of aromatic nitrogens is 4. The molecule has 7 nitrogen and oxygen atoms in total. The first kappa shape index (κ1) is 17.4. The molecule has 0 atom stereocenters. The average molecular weight is 385 g/mol. The summed E-state index contributed by atoms with van der Waals surface area (Å²) < 4.78 is 6.05. The summed E-state index contributed by atoms with van der Waals surface area (Å²) in [4.78, 5) is 28.6. The Labute approximate surface area is 167 Å². The molecule has 144 valence electrons. The summed E-state index contributed by atoms with van der Waals surface area (Å²) in [5.41, 5.74) is 3.62. The fourth-order valence-electron chi connectivity index (χ4n) is 3.59. The smallest absolute Gasteiger partial charge is 0.229 e. The van der Waals surface area contributed by atoms with Crippen LogP contribution in [0, 0.1) is 0 Å². The van der Waals surface area contributed by atoms with Crippen LogP contribution in [-0.2, 0) is 0 Å². The molecular weight excluding hydrogens is 366 g/mol. The first-order valence-corrected chi connectivity index (χ1v) is 9.36. The van der Waals surface area contributed by atoms with Gasteiger partial charge in [-0.1, -0.05) is 6.07 Å². The molecule has 0 saturated heterocycles. The van der Waals surface area contributed by atoms with Crippen LogP contribution in [0.25, 0.3) is 22.2 Å². The predicted octanol–water partition coefficient (Wildman–Crippen LogP) is 4.51. The lowest BCUT2D eigenvalue weighted by Gasteiger charge is -2.31. The Morgan fingerprint density at radius 1 is 1.14 bits per heavy atom. The molecule has 4 heterocycles. The maximum Gasteiger partial charge on any atom is 0.229 e. The molecule has 5 rings (SSSR count). The van der Waals surface area contributed by atoms with Gasteiger partial charge in [0, 0.05) is 41.4 Å². The quantitative estimate of drug-likeness (QED) is 0.539. The van der Waals surface area contributed by atoms with E-state index >= 15 is 0 Å². The van der Waals surface area contributed by atoms with E-state index in [0.717, 1.165) is 27.8 Å². The molecule has 0 aliphatic carbocycles. The molecule has 2 N–H and O–H groups in total. The van der Waals surface area contributed by atoms with E-state index in [-0.39, 0.29) is 5.78 Å². The van der Waals surface area contributed by atoms with E-state index in [1.165, 1.54) is 0 Å². The number of ether oxygens (including phenoxy) is 1. The molecule has 3 aromatic heterocycles. The predicted molar refractivity (Wildman–Crippen MR) is 110 cm³/mol. The van der Waals surface area contributed by atoms with E-state index in [1.807, 2.05) is 50.4 Å². The topological polar surface area (TPSA) is 92.8 Å². The summed E-state index contributed by atoms with van der Waals surface area (Å²) in [6.45, 7) is 3.86. The zero-order chi connectivity index (χ0) is 20.0. The lowest BCUT2D eigenvalue weighted by molar-refractivity contribution is 0.0620. The number of aromatic amines is 1. The van der Waals surface area contributed by atoms with E-state index in [1.54, 1.807) is 18.6 Å². The van der Waals surface area contributed by atoms with Crippen LogP contribution >= 0.6 is 0 Å². The first-order chi connectivity index (χ1) is 14.0. The van der Waals surface area contributed by atoms with Crippen molar-refractivity contribution in [3.05, 3.63) is 60.7 Å². The van der Waals surface area contributed by atoms with Crippen LogP contribution in [0.5, 0.6) is 5.75 Å². The van der Waals surface area contributed by atoms with E-state index < -0.39 is 5.60 Å². The highest BCUT2D eigenvalue weighted by atomic mass is 16.5. The number of H-pyrrole nitrogens is 1. The summed E-state index contributed by atoms with van der Waals surface area (Å²) in [6, 6.07) is 9.39. The Bertz CT molecular complexity index is 1230. The number of ketones is 1. The Kier molecular flexibility index (Phi) is 3.84. The van der Waals surface area contributed by atoms with Gasteiger partial charge in [-0.3, -0.25) is 9.78 Å². The third-order valence-corrected chi connectivity index (χ3v) is 4.93. The molecule has 7 heteroatoms. The Hall–Kier alpha value is -3.74. The first-order valence-electron chi connectivity index (χ1n) is 9.36. The molecule has 1 aromatic carbocycles. The molecule has 4 aromatic rings. The Morgan fingerprint density at radius 2 is 1.97 bits per heavy atom. The number of hydrogen-bond acceptors (Lipinski definition) is 6. The van der Waals surface area contributed by atoms with Gasteiger partial charge in [0.25, 0.3) is 0 Å². The van der Waals surface area contributed by atoms with Gasteiger partial charge in [0.1, 0.15) is 17.0 Å². The van der Waals surface area contributed by atoms with Crippen LogP contribution in [0.15, 0.2) is 55.1 Å². The molecule has 0 spiro atoms. The molecule has 1 aliphatic heterocycles. The number of rotatable bonds is 3. The lowest BCUT2D eigenvalue weighted by atomic mass is 9.91. The number of Topliss-reactive ketones (excluding diaryl/α,β-unsaturated/α-hetero) is 1. The average Bonchev–Trinajstić information content (AvgIpc) is 3.10. The number of anilines is 2. The lowest BCUT2D eigenvalue weighted by Crippen LogP contribution is -2.35. The number of hydrogen-bond donors (Lipinski definition) is 2. The standard InChI is InChI=1S/C22H19N5O2/c1-22(2)10-18(28)15-4-3-13(9-19(15)29-22)16-11-24-20-17(16)12-25-21(27-20)26-14-5-7-23-8-6-14/h3-9,11-12H,10H2,1-2H3,(H2,23,24,25,26,27). The summed E-state index contributed by atoms with van der Waals surface area (Å²) in [6.07, 6.45) is 7.48. The van der Waals surface area contributed by atoms with Crippen molar-refractivity contribution in [2.24, 2.45) is 0 Å². The van der Waals surface area contributed by atoms with E-state index in [9.17, 15) is 4.79 Å². The third-order valence-electron chi connectivity index (χ3n) is 4.93. The van der Waals surface area contributed by atoms with Crippen molar-refractivity contribution in [2.75, 3.05) is 5.32 Å². The van der Waals surface area contributed by atoms with Crippen molar-refractivity contribution in [2.45, 2.75) is 25.9 Å². The minimum absolute atomic E-state index is 0.108. The fraction of sp³-hybridized carbons (Fsp3) is 0.182. The van der Waals surface area contributed by atoms with E-state index in [0.29, 0.717) is 23.7 Å². The molecule has 0 amide bonds. The van der Waals surface area contributed by atoms with Crippen molar-refractivity contribution in [3.63, 3.8) is 0 Å². The van der Waals surface area contributed by atoms with Gasteiger partial charge in [-0.15, -0.1) is 0 Å². The second-order valence-electron chi connectivity index (χ2n) is 7.69. The van der Waals surface area contributed by atoms with Gasteiger partial charge in [0.05, 0.1) is 12.0 Å². The van der Waals surface area contributed by atoms with Crippen molar-refractivity contribution in [1.82, 2.24) is 19.9 Å². The second kappa shape index (κ2) is 6.41. The zero-order valence-electron chi connectivity index (χ0n) is 16.1. The van der Waals surface area contributed by atoms with Crippen molar-refractivity contribution in [1.29, 1.82) is 0 Å². The van der Waals surface area contributed by atoms with Gasteiger partial charge < -0.3 is 15.0 Å². The van der Waals surface area contributed by atoms with Gasteiger partial charge >= 0.3 is 0 Å². The molecule has 0 fully saturated rings. The van der Waals surface area contributed by atoms with E-state index in [2.05, 4.69) is 25.3 Å². The molecule has 1 aliphatic rings. The zero-order valence-corrected chi connectivity index (χ0v) is 16.1. The number of fused-ring (bicyclic) bond motifs is 2. The summed E-state index contributed by atoms with van der Waals surface area (Å²) in [5, 5.41) is 4.06. The fourth-order valence-corrected chi connectivity index (χ4v) is 3.59. The number of nitrogens with one attached hydrogen (secondary N) is 2. The van der Waals surface area contributed by atoms with Gasteiger partial charge in [-0.05, 0) is 43.7 Å². The monoisotopic (exact) mass is 385 g/mol. The number of nitrogens with zero attached hydrogens (tertiary/aromatic N) is 3. The highest BCUT2D eigenvalue weighted by Crippen LogP contribution is 2.37. The molecule has 29 heavy (non-hydrogen) atoms. The summed E-state index contributed by atoms with van der Waals surface area (Å²) in [7, 11) is 0. The van der Waals surface area contributed by atoms with Gasteiger partial charge in [-0.25, -0.2) is 4.98 Å². The van der Waals surface area contributed by atoms with Crippen LogP contribution in [0.4, 0.5) is 11.6 Å². The van der Waals surface area contributed by atoms with Gasteiger partial charge in [0.15, 0.2) is 5.78 Å². The van der Waals surface area contributed by atoms with Gasteiger partial charge in [0.2, 0.25) is 5.95 Å². The highest BCUT2D eigenvalue weighted by Gasteiger charge is 2.32. The number of pyridine rings is 1. The van der Waals surface area contributed by atoms with E-state index in [4.69, 9.17) is 4.74 Å². The number of carbonyl (C=O) groups excluding carboxylic acids is 1. The van der Waals surface area contributed by atoms with Gasteiger partial charge in [-0.2, -0.15) is 4.98 Å². The molecule has 0 saturated carbocycles. The maximum absolute atomic E-state index is 12.4. The van der Waals surface area contributed by atoms with Crippen molar-refractivity contribution >= 4 is 28.5 Å². The third kappa shape index (κ3) is 3.20. The number of benzene rings is 1. The maximum atomic E-state index is 12.4. The largest absolute Gasteiger partial charge is 0.487 e. The minimum Gasteiger partial charge on any atom is -0.487 e. The molecule has 0 radical (unpaired) electrons. The molecule has 0 bridgehead atoms. The highest BCUT2D eigenvalue weighted by molar-refractivity contribution is 6.02. The van der Waals surface area contributed by atoms with Crippen LogP contribution in [-0.4, -0.2) is 31.3 Å².